The molecule has 24 heavy (non-hydrogen) atoms. The second kappa shape index (κ2) is 6.96. The molecule has 1 fully saturated rings. The van der Waals surface area contributed by atoms with Gasteiger partial charge in [0.05, 0.1) is 0 Å². The van der Waals surface area contributed by atoms with E-state index in [-0.39, 0.29) is 6.09 Å². The van der Waals surface area contributed by atoms with Crippen molar-refractivity contribution in [3.05, 3.63) is 34.9 Å². The highest BCUT2D eigenvalue weighted by Crippen LogP contribution is 2.27. The van der Waals surface area contributed by atoms with Crippen LogP contribution in [0.15, 0.2) is 18.2 Å². The molecular formula is C19H28N2O2S. The van der Waals surface area contributed by atoms with E-state index in [1.165, 1.54) is 28.2 Å². The molecule has 132 valence electrons. The summed E-state index contributed by atoms with van der Waals surface area (Å²) in [5.74, 6) is 3.21. The molecule has 0 spiro atoms. The van der Waals surface area contributed by atoms with Gasteiger partial charge in [-0.2, -0.15) is 11.8 Å². The summed E-state index contributed by atoms with van der Waals surface area (Å²) >= 11 is 2.03. The molecule has 4 nitrogen and oxygen atoms in total. The molecule has 1 N–H and O–H groups in total. The van der Waals surface area contributed by atoms with Gasteiger partial charge in [0.15, 0.2) is 0 Å². The molecule has 0 aliphatic carbocycles. The number of amides is 1. The lowest BCUT2D eigenvalue weighted by molar-refractivity contribution is 0.0242. The minimum Gasteiger partial charge on any atom is -0.444 e. The maximum Gasteiger partial charge on any atom is 0.410 e. The van der Waals surface area contributed by atoms with Gasteiger partial charge in [0, 0.05) is 31.4 Å². The number of nitrogens with one attached hydrogen (secondary N) is 1. The van der Waals surface area contributed by atoms with Crippen LogP contribution < -0.4 is 5.32 Å². The van der Waals surface area contributed by atoms with E-state index >= 15 is 0 Å². The van der Waals surface area contributed by atoms with Crippen molar-refractivity contribution in [1.82, 2.24) is 10.2 Å². The second-order valence-corrected chi connectivity index (χ2v) is 9.02. The van der Waals surface area contributed by atoms with Crippen molar-refractivity contribution in [1.29, 1.82) is 0 Å². The molecule has 3 rings (SSSR count). The van der Waals surface area contributed by atoms with Crippen LogP contribution in [0.25, 0.3) is 0 Å². The summed E-state index contributed by atoms with van der Waals surface area (Å²) in [4.78, 5) is 14.0. The molecule has 0 radical (unpaired) electrons. The van der Waals surface area contributed by atoms with Crippen LogP contribution in [0.3, 0.4) is 0 Å². The Hall–Kier alpha value is -1.20. The fourth-order valence-electron chi connectivity index (χ4n) is 3.18. The van der Waals surface area contributed by atoms with Crippen molar-refractivity contribution in [2.24, 2.45) is 5.92 Å². The van der Waals surface area contributed by atoms with E-state index in [2.05, 4.69) is 30.4 Å². The third-order valence-corrected chi connectivity index (χ3v) is 5.93. The van der Waals surface area contributed by atoms with Gasteiger partial charge < -0.3 is 10.1 Å². The molecule has 1 amide bonds. The van der Waals surface area contributed by atoms with Crippen LogP contribution in [0.1, 0.15) is 44.4 Å². The lowest BCUT2D eigenvalue weighted by atomic mass is 10.0. The molecule has 2 atom stereocenters. The monoisotopic (exact) mass is 348 g/mol. The van der Waals surface area contributed by atoms with Crippen LogP contribution in [-0.2, 0) is 24.4 Å². The van der Waals surface area contributed by atoms with Gasteiger partial charge >= 0.3 is 6.09 Å². The summed E-state index contributed by atoms with van der Waals surface area (Å²) in [7, 11) is 0. The second-order valence-electron chi connectivity index (χ2n) is 7.94. The molecule has 1 saturated heterocycles. The molecule has 2 heterocycles. The zero-order valence-corrected chi connectivity index (χ0v) is 15.9. The van der Waals surface area contributed by atoms with E-state index in [1.54, 1.807) is 4.90 Å². The smallest absolute Gasteiger partial charge is 0.410 e. The highest BCUT2D eigenvalue weighted by Gasteiger charge is 2.28. The van der Waals surface area contributed by atoms with Crippen molar-refractivity contribution < 1.29 is 9.53 Å². The van der Waals surface area contributed by atoms with Gasteiger partial charge in [0.25, 0.3) is 0 Å². The van der Waals surface area contributed by atoms with E-state index in [0.717, 1.165) is 12.5 Å². The van der Waals surface area contributed by atoms with Crippen LogP contribution in [0.5, 0.6) is 0 Å². The average molecular weight is 349 g/mol. The first kappa shape index (κ1) is 17.6. The van der Waals surface area contributed by atoms with Crippen LogP contribution in [-0.4, -0.2) is 34.1 Å². The van der Waals surface area contributed by atoms with Crippen molar-refractivity contribution in [3.8, 4) is 0 Å². The summed E-state index contributed by atoms with van der Waals surface area (Å²) in [6, 6.07) is 7.18. The van der Waals surface area contributed by atoms with Gasteiger partial charge in [0.1, 0.15) is 5.60 Å². The first-order chi connectivity index (χ1) is 11.3. The lowest BCUT2D eigenvalue weighted by Crippen LogP contribution is -2.33. The van der Waals surface area contributed by atoms with Gasteiger partial charge in [-0.05, 0) is 49.1 Å². The largest absolute Gasteiger partial charge is 0.444 e. The Kier molecular flexibility index (Phi) is 5.11. The standard InChI is InChI=1S/C19H28N2O2S/c1-13-11-24-12-17(13)20-8-14-5-6-15-9-21(10-16(15)7-14)18(22)23-19(2,3)4/h5-7,13,17,20H,8-12H2,1-4H3. The Balaban J connectivity index is 1.58. The van der Waals surface area contributed by atoms with Crippen LogP contribution in [0.4, 0.5) is 4.79 Å². The number of hydrogen-bond acceptors (Lipinski definition) is 4. The fourth-order valence-corrected chi connectivity index (χ4v) is 4.62. The van der Waals surface area contributed by atoms with Gasteiger partial charge in [-0.3, -0.25) is 4.90 Å². The van der Waals surface area contributed by atoms with Gasteiger partial charge in [-0.15, -0.1) is 0 Å². The predicted molar refractivity (Wildman–Crippen MR) is 99.0 cm³/mol. The molecule has 5 heteroatoms. The Labute approximate surface area is 149 Å². The topological polar surface area (TPSA) is 41.6 Å². The number of benzene rings is 1. The highest BCUT2D eigenvalue weighted by molar-refractivity contribution is 7.99. The molecule has 2 aliphatic heterocycles. The van der Waals surface area contributed by atoms with Crippen molar-refractivity contribution in [2.75, 3.05) is 11.5 Å². The normalized spacial score (nSPS) is 23.4. The van der Waals surface area contributed by atoms with E-state index in [4.69, 9.17) is 4.74 Å². The zero-order chi connectivity index (χ0) is 17.3. The first-order valence-electron chi connectivity index (χ1n) is 8.71. The quantitative estimate of drug-likeness (QED) is 0.903. The predicted octanol–water partition coefficient (Wildman–Crippen LogP) is 3.78. The third kappa shape index (κ3) is 4.25. The summed E-state index contributed by atoms with van der Waals surface area (Å²) < 4.78 is 5.48. The molecular weight excluding hydrogens is 320 g/mol. The van der Waals surface area contributed by atoms with E-state index in [0.29, 0.717) is 19.1 Å². The van der Waals surface area contributed by atoms with Gasteiger partial charge in [0.2, 0.25) is 0 Å². The summed E-state index contributed by atoms with van der Waals surface area (Å²) in [5, 5.41) is 3.68. The molecule has 0 aromatic heterocycles. The Morgan fingerprint density at radius 2 is 2.04 bits per heavy atom. The first-order valence-corrected chi connectivity index (χ1v) is 9.87. The van der Waals surface area contributed by atoms with Crippen molar-refractivity contribution in [2.45, 2.75) is 59.0 Å². The van der Waals surface area contributed by atoms with E-state index in [1.807, 2.05) is 32.5 Å². The number of rotatable bonds is 3. The van der Waals surface area contributed by atoms with E-state index in [9.17, 15) is 4.79 Å². The maximum atomic E-state index is 12.2. The minimum atomic E-state index is -0.447. The number of thioether (sulfide) groups is 1. The molecule has 1 aromatic rings. The van der Waals surface area contributed by atoms with E-state index < -0.39 is 5.60 Å². The Morgan fingerprint density at radius 3 is 2.71 bits per heavy atom. The van der Waals surface area contributed by atoms with Gasteiger partial charge in [-0.1, -0.05) is 25.1 Å². The number of carbonyl (C=O) groups excluding carboxylic acids is 1. The minimum absolute atomic E-state index is 0.227. The molecule has 1 aromatic carbocycles. The van der Waals surface area contributed by atoms with Crippen LogP contribution in [0.2, 0.25) is 0 Å². The Morgan fingerprint density at radius 1 is 1.29 bits per heavy atom. The highest BCUT2D eigenvalue weighted by atomic mass is 32.2. The molecule has 2 aliphatic rings. The Bertz CT molecular complexity index is 612. The number of ether oxygens (including phenoxy) is 1. The third-order valence-electron chi connectivity index (χ3n) is 4.58. The molecule has 0 bridgehead atoms. The van der Waals surface area contributed by atoms with Crippen molar-refractivity contribution in [3.63, 3.8) is 0 Å². The maximum absolute atomic E-state index is 12.2. The number of nitrogens with zero attached hydrogens (tertiary/aromatic N) is 1. The number of hydrogen-bond donors (Lipinski definition) is 1. The fraction of sp³-hybridized carbons (Fsp3) is 0.632. The summed E-state index contributed by atoms with van der Waals surface area (Å²) in [6.45, 7) is 10.2. The summed E-state index contributed by atoms with van der Waals surface area (Å²) in [5.41, 5.74) is 3.32. The number of carbonyl (C=O) groups is 1. The summed E-state index contributed by atoms with van der Waals surface area (Å²) in [6.07, 6.45) is -0.227. The van der Waals surface area contributed by atoms with Gasteiger partial charge in [-0.25, -0.2) is 4.79 Å². The zero-order valence-electron chi connectivity index (χ0n) is 15.1. The molecule has 0 saturated carbocycles. The lowest BCUT2D eigenvalue weighted by Gasteiger charge is -2.24. The van der Waals surface area contributed by atoms with Crippen molar-refractivity contribution >= 4 is 17.9 Å². The number of fused-ring (bicyclic) bond motifs is 1. The SMILES string of the molecule is CC1CSCC1NCc1ccc2c(c1)CN(C(=O)OC(C)(C)C)C2. The average Bonchev–Trinajstić information content (AvgIpc) is 3.08. The van der Waals surface area contributed by atoms with Crippen LogP contribution in [0, 0.1) is 5.92 Å². The van der Waals surface area contributed by atoms with Crippen LogP contribution >= 0.6 is 11.8 Å². The molecule has 2 unspecified atom stereocenters.